The van der Waals surface area contributed by atoms with Crippen LogP contribution in [0.25, 0.3) is 0 Å². The van der Waals surface area contributed by atoms with Gasteiger partial charge in [-0.2, -0.15) is 0 Å². The lowest BCUT2D eigenvalue weighted by molar-refractivity contribution is -0.133. The maximum Gasteiger partial charge on any atom is 0.242 e. The normalized spacial score (nSPS) is 17.6. The van der Waals surface area contributed by atoms with Gasteiger partial charge in [0.15, 0.2) is 0 Å². The average molecular weight is 422 g/mol. The van der Waals surface area contributed by atoms with Crippen LogP contribution in [0, 0.1) is 11.7 Å². The molecule has 27 heavy (non-hydrogen) atoms. The Kier molecular flexibility index (Phi) is 9.66. The molecule has 0 saturated carbocycles. The maximum atomic E-state index is 13.0. The molecule has 1 aromatic carbocycles. The number of piperidine rings is 1. The number of nitrogens with one attached hydrogen (secondary N) is 1. The van der Waals surface area contributed by atoms with E-state index < -0.39 is 15.8 Å². The van der Waals surface area contributed by atoms with E-state index in [1.54, 1.807) is 0 Å². The van der Waals surface area contributed by atoms with Crippen LogP contribution in [0.3, 0.4) is 0 Å². The standard InChI is InChI=1S/C18H28FN3O3S.ClH/c1-20-13-15-5-3-12-22(14-15)18(23)6-4-11-21(2)26(24,25)17-9-7-16(19)8-10-17;/h7-10,15,20H,3-6,11-14H2,1-2H3;1H. The molecule has 1 aliphatic heterocycles. The molecule has 1 amide bonds. The van der Waals surface area contributed by atoms with E-state index in [1.807, 2.05) is 11.9 Å². The second kappa shape index (κ2) is 10.9. The zero-order chi connectivity index (χ0) is 19.2. The molecule has 1 fully saturated rings. The Balaban J connectivity index is 0.00000364. The summed E-state index contributed by atoms with van der Waals surface area (Å²) in [6, 6.07) is 4.76. The Morgan fingerprint density at radius 3 is 2.63 bits per heavy atom. The number of nitrogens with zero attached hydrogens (tertiary/aromatic N) is 2. The number of hydrogen-bond donors (Lipinski definition) is 1. The zero-order valence-electron chi connectivity index (χ0n) is 15.9. The number of rotatable bonds is 8. The number of benzene rings is 1. The molecule has 1 atom stereocenters. The summed E-state index contributed by atoms with van der Waals surface area (Å²) in [5, 5.41) is 3.16. The number of carbonyl (C=O) groups excluding carboxylic acids is 1. The first-order chi connectivity index (χ1) is 12.3. The molecule has 0 bridgehead atoms. The van der Waals surface area contributed by atoms with Crippen LogP contribution in [0.15, 0.2) is 29.2 Å². The van der Waals surface area contributed by atoms with Crippen LogP contribution in [0.2, 0.25) is 0 Å². The second-order valence-electron chi connectivity index (χ2n) is 6.79. The van der Waals surface area contributed by atoms with E-state index in [0.717, 1.165) is 44.6 Å². The molecule has 1 N–H and O–H groups in total. The predicted octanol–water partition coefficient (Wildman–Crippen LogP) is 2.11. The molecule has 9 heteroatoms. The van der Waals surface area contributed by atoms with Gasteiger partial charge in [0, 0.05) is 33.1 Å². The van der Waals surface area contributed by atoms with Crippen molar-refractivity contribution in [1.29, 1.82) is 0 Å². The van der Waals surface area contributed by atoms with E-state index in [1.165, 1.54) is 23.5 Å². The van der Waals surface area contributed by atoms with Crippen molar-refractivity contribution in [3.05, 3.63) is 30.1 Å². The summed E-state index contributed by atoms with van der Waals surface area (Å²) >= 11 is 0. The van der Waals surface area contributed by atoms with Crippen molar-refractivity contribution >= 4 is 28.3 Å². The third kappa shape index (κ3) is 6.71. The zero-order valence-corrected chi connectivity index (χ0v) is 17.5. The monoisotopic (exact) mass is 421 g/mol. The summed E-state index contributed by atoms with van der Waals surface area (Å²) < 4.78 is 39.1. The fourth-order valence-electron chi connectivity index (χ4n) is 3.26. The SMILES string of the molecule is CNCC1CCCN(C(=O)CCCN(C)S(=O)(=O)c2ccc(F)cc2)C1.Cl. The van der Waals surface area contributed by atoms with E-state index in [4.69, 9.17) is 0 Å². The lowest BCUT2D eigenvalue weighted by atomic mass is 9.97. The first kappa shape index (κ1) is 23.8. The van der Waals surface area contributed by atoms with Crippen molar-refractivity contribution in [2.45, 2.75) is 30.6 Å². The smallest absolute Gasteiger partial charge is 0.242 e. The molecular formula is C18H29ClFN3O3S. The highest BCUT2D eigenvalue weighted by Gasteiger charge is 2.24. The van der Waals surface area contributed by atoms with Crippen LogP contribution < -0.4 is 5.32 Å². The summed E-state index contributed by atoms with van der Waals surface area (Å²) in [7, 11) is -0.267. The van der Waals surface area contributed by atoms with Gasteiger partial charge in [-0.1, -0.05) is 0 Å². The minimum absolute atomic E-state index is 0. The lowest BCUT2D eigenvalue weighted by Gasteiger charge is -2.33. The van der Waals surface area contributed by atoms with Gasteiger partial charge in [-0.05, 0) is 63.0 Å². The van der Waals surface area contributed by atoms with Gasteiger partial charge in [0.2, 0.25) is 15.9 Å². The van der Waals surface area contributed by atoms with Gasteiger partial charge in [-0.25, -0.2) is 17.1 Å². The summed E-state index contributed by atoms with van der Waals surface area (Å²) in [6.07, 6.45) is 2.93. The number of likely N-dealkylation sites (tertiary alicyclic amines) is 1. The van der Waals surface area contributed by atoms with E-state index >= 15 is 0 Å². The minimum atomic E-state index is -3.66. The quantitative estimate of drug-likeness (QED) is 0.697. The van der Waals surface area contributed by atoms with Gasteiger partial charge in [0.25, 0.3) is 0 Å². The molecule has 1 unspecified atom stereocenters. The van der Waals surface area contributed by atoms with E-state index in [0.29, 0.717) is 18.8 Å². The molecule has 1 saturated heterocycles. The summed E-state index contributed by atoms with van der Waals surface area (Å²) in [4.78, 5) is 14.3. The van der Waals surface area contributed by atoms with Crippen molar-refractivity contribution in [3.63, 3.8) is 0 Å². The van der Waals surface area contributed by atoms with Gasteiger partial charge in [-0.15, -0.1) is 12.4 Å². The topological polar surface area (TPSA) is 69.7 Å². The highest BCUT2D eigenvalue weighted by molar-refractivity contribution is 7.89. The third-order valence-corrected chi connectivity index (χ3v) is 6.62. The summed E-state index contributed by atoms with van der Waals surface area (Å²) in [5.41, 5.74) is 0. The van der Waals surface area contributed by atoms with Crippen molar-refractivity contribution < 1.29 is 17.6 Å². The fraction of sp³-hybridized carbons (Fsp3) is 0.611. The molecule has 1 aliphatic rings. The molecule has 0 spiro atoms. The Morgan fingerprint density at radius 2 is 2.00 bits per heavy atom. The van der Waals surface area contributed by atoms with Crippen LogP contribution in [-0.4, -0.2) is 63.8 Å². The van der Waals surface area contributed by atoms with Crippen molar-refractivity contribution in [2.24, 2.45) is 5.92 Å². The van der Waals surface area contributed by atoms with Crippen LogP contribution in [0.4, 0.5) is 4.39 Å². The van der Waals surface area contributed by atoms with Crippen LogP contribution >= 0.6 is 12.4 Å². The number of hydrogen-bond acceptors (Lipinski definition) is 4. The molecule has 0 aliphatic carbocycles. The second-order valence-corrected chi connectivity index (χ2v) is 8.83. The molecule has 154 valence electrons. The van der Waals surface area contributed by atoms with Gasteiger partial charge < -0.3 is 10.2 Å². The Labute approximate surface area is 167 Å². The van der Waals surface area contributed by atoms with E-state index in [2.05, 4.69) is 5.32 Å². The number of amides is 1. The highest BCUT2D eigenvalue weighted by atomic mass is 35.5. The number of halogens is 2. The van der Waals surface area contributed by atoms with E-state index in [9.17, 15) is 17.6 Å². The molecular weight excluding hydrogens is 393 g/mol. The average Bonchev–Trinajstić information content (AvgIpc) is 2.62. The first-order valence-electron chi connectivity index (χ1n) is 8.99. The molecule has 2 rings (SSSR count). The Morgan fingerprint density at radius 1 is 1.33 bits per heavy atom. The summed E-state index contributed by atoms with van der Waals surface area (Å²) in [5.74, 6) is 0.0907. The largest absolute Gasteiger partial charge is 0.342 e. The van der Waals surface area contributed by atoms with Crippen LogP contribution in [0.5, 0.6) is 0 Å². The highest BCUT2D eigenvalue weighted by Crippen LogP contribution is 2.18. The van der Waals surface area contributed by atoms with Crippen molar-refractivity contribution in [1.82, 2.24) is 14.5 Å². The summed E-state index contributed by atoms with van der Waals surface area (Å²) in [6.45, 7) is 2.70. The van der Waals surface area contributed by atoms with E-state index in [-0.39, 0.29) is 29.8 Å². The van der Waals surface area contributed by atoms with Gasteiger partial charge >= 0.3 is 0 Å². The lowest BCUT2D eigenvalue weighted by Crippen LogP contribution is -2.42. The number of carbonyl (C=O) groups is 1. The fourth-order valence-corrected chi connectivity index (χ4v) is 4.47. The van der Waals surface area contributed by atoms with Crippen molar-refractivity contribution in [2.75, 3.05) is 40.3 Å². The van der Waals surface area contributed by atoms with Crippen molar-refractivity contribution in [3.8, 4) is 0 Å². The Hall–Kier alpha value is -1.22. The molecule has 1 heterocycles. The van der Waals surface area contributed by atoms with Crippen LogP contribution in [0.1, 0.15) is 25.7 Å². The Bertz CT molecular complexity index is 698. The molecule has 1 aromatic rings. The first-order valence-corrected chi connectivity index (χ1v) is 10.4. The minimum Gasteiger partial charge on any atom is -0.342 e. The predicted molar refractivity (Wildman–Crippen MR) is 106 cm³/mol. The van der Waals surface area contributed by atoms with Crippen LogP contribution in [-0.2, 0) is 14.8 Å². The molecule has 0 aromatic heterocycles. The van der Waals surface area contributed by atoms with Gasteiger partial charge in [0.1, 0.15) is 5.82 Å². The number of sulfonamides is 1. The molecule has 6 nitrogen and oxygen atoms in total. The molecule has 0 radical (unpaired) electrons. The van der Waals surface area contributed by atoms with Gasteiger partial charge in [0.05, 0.1) is 4.90 Å². The van der Waals surface area contributed by atoms with Gasteiger partial charge in [-0.3, -0.25) is 4.79 Å². The maximum absolute atomic E-state index is 13.0. The third-order valence-electron chi connectivity index (χ3n) is 4.75.